The monoisotopic (exact) mass is 344 g/mol. The fourth-order valence-electron chi connectivity index (χ4n) is 3.73. The standard InChI is InChI=1S/C16H19F3N2O3/c17-16(18,19)10-4-3-7-20(8-10)13(22)9-21-14(23)11-5-1-2-6-12(11)15(21)24/h1-2,10-12H,3-9H2/t10-,11-,12+/m1/s1. The highest BCUT2D eigenvalue weighted by Gasteiger charge is 2.48. The molecule has 2 aliphatic heterocycles. The second kappa shape index (κ2) is 6.22. The van der Waals surface area contributed by atoms with Gasteiger partial charge in [0.1, 0.15) is 6.54 Å². The summed E-state index contributed by atoms with van der Waals surface area (Å²) in [5.74, 6) is -3.75. The molecule has 0 N–H and O–H groups in total. The van der Waals surface area contributed by atoms with E-state index in [1.54, 1.807) is 0 Å². The molecule has 0 aromatic carbocycles. The van der Waals surface area contributed by atoms with Crippen LogP contribution in [-0.4, -0.2) is 53.3 Å². The number of carbonyl (C=O) groups is 3. The van der Waals surface area contributed by atoms with Gasteiger partial charge in [0.25, 0.3) is 0 Å². The molecule has 0 unspecified atom stereocenters. The molecule has 3 amide bonds. The molecule has 24 heavy (non-hydrogen) atoms. The number of imide groups is 1. The maximum Gasteiger partial charge on any atom is 0.393 e. The van der Waals surface area contributed by atoms with Gasteiger partial charge in [-0.3, -0.25) is 19.3 Å². The second-order valence-electron chi connectivity index (χ2n) is 6.64. The Kier molecular flexibility index (Phi) is 4.40. The number of likely N-dealkylation sites (tertiary alicyclic amines) is 2. The maximum absolute atomic E-state index is 12.8. The van der Waals surface area contributed by atoms with E-state index in [9.17, 15) is 27.6 Å². The molecule has 2 heterocycles. The lowest BCUT2D eigenvalue weighted by Gasteiger charge is -2.34. The van der Waals surface area contributed by atoms with Gasteiger partial charge in [0.2, 0.25) is 17.7 Å². The van der Waals surface area contributed by atoms with Crippen molar-refractivity contribution in [2.45, 2.75) is 31.9 Å². The average Bonchev–Trinajstić information content (AvgIpc) is 2.80. The quantitative estimate of drug-likeness (QED) is 0.566. The van der Waals surface area contributed by atoms with Crippen molar-refractivity contribution in [3.63, 3.8) is 0 Å². The van der Waals surface area contributed by atoms with Gasteiger partial charge < -0.3 is 4.90 Å². The van der Waals surface area contributed by atoms with Crippen LogP contribution in [0.4, 0.5) is 13.2 Å². The summed E-state index contributed by atoms with van der Waals surface area (Å²) in [6.07, 6.45) is 0.572. The third kappa shape index (κ3) is 3.06. The maximum atomic E-state index is 12.8. The fraction of sp³-hybridized carbons (Fsp3) is 0.688. The Hall–Kier alpha value is -1.86. The summed E-state index contributed by atoms with van der Waals surface area (Å²) in [4.78, 5) is 39.0. The minimum absolute atomic E-state index is 0.00464. The van der Waals surface area contributed by atoms with Gasteiger partial charge in [0.05, 0.1) is 17.8 Å². The van der Waals surface area contributed by atoms with Crippen LogP contribution >= 0.6 is 0 Å². The van der Waals surface area contributed by atoms with Crippen LogP contribution in [0.2, 0.25) is 0 Å². The molecule has 3 atom stereocenters. The Balaban J connectivity index is 1.64. The van der Waals surface area contributed by atoms with Crippen LogP contribution in [0.3, 0.4) is 0 Å². The van der Waals surface area contributed by atoms with Gasteiger partial charge in [-0.1, -0.05) is 12.2 Å². The van der Waals surface area contributed by atoms with E-state index in [0.29, 0.717) is 12.8 Å². The smallest absolute Gasteiger partial charge is 0.341 e. The fourth-order valence-corrected chi connectivity index (χ4v) is 3.73. The van der Waals surface area contributed by atoms with Gasteiger partial charge >= 0.3 is 6.18 Å². The summed E-state index contributed by atoms with van der Waals surface area (Å²) in [6.45, 7) is -0.613. The molecule has 0 radical (unpaired) electrons. The van der Waals surface area contributed by atoms with Crippen LogP contribution in [-0.2, 0) is 14.4 Å². The third-order valence-corrected chi connectivity index (χ3v) is 5.13. The van der Waals surface area contributed by atoms with Crippen LogP contribution in [0.1, 0.15) is 25.7 Å². The number of hydrogen-bond donors (Lipinski definition) is 0. The van der Waals surface area contributed by atoms with Crippen molar-refractivity contribution in [2.24, 2.45) is 17.8 Å². The molecule has 0 bridgehead atoms. The van der Waals surface area contributed by atoms with E-state index in [0.717, 1.165) is 9.80 Å². The molecule has 3 rings (SSSR count). The Morgan fingerprint density at radius 1 is 1.12 bits per heavy atom. The summed E-state index contributed by atoms with van der Waals surface area (Å²) in [6, 6.07) is 0. The van der Waals surface area contributed by atoms with Crippen molar-refractivity contribution in [2.75, 3.05) is 19.6 Å². The van der Waals surface area contributed by atoms with Crippen molar-refractivity contribution >= 4 is 17.7 Å². The summed E-state index contributed by atoms with van der Waals surface area (Å²) < 4.78 is 38.5. The van der Waals surface area contributed by atoms with Gasteiger partial charge in [-0.05, 0) is 25.7 Å². The van der Waals surface area contributed by atoms with Gasteiger partial charge in [-0.15, -0.1) is 0 Å². The summed E-state index contributed by atoms with van der Waals surface area (Å²) in [7, 11) is 0. The Morgan fingerprint density at radius 2 is 1.71 bits per heavy atom. The number of allylic oxidation sites excluding steroid dienone is 2. The van der Waals surface area contributed by atoms with E-state index in [1.165, 1.54) is 0 Å². The number of alkyl halides is 3. The minimum Gasteiger partial charge on any atom is -0.341 e. The number of fused-ring (bicyclic) bond motifs is 1. The van der Waals surface area contributed by atoms with Crippen LogP contribution in [0.25, 0.3) is 0 Å². The van der Waals surface area contributed by atoms with Gasteiger partial charge in [0.15, 0.2) is 0 Å². The highest BCUT2D eigenvalue weighted by molar-refractivity contribution is 6.07. The van der Waals surface area contributed by atoms with E-state index in [4.69, 9.17) is 0 Å². The molecule has 2 fully saturated rings. The zero-order valence-electron chi connectivity index (χ0n) is 13.1. The third-order valence-electron chi connectivity index (χ3n) is 5.13. The van der Waals surface area contributed by atoms with Crippen molar-refractivity contribution in [1.82, 2.24) is 9.80 Å². The van der Waals surface area contributed by atoms with Crippen LogP contribution < -0.4 is 0 Å². The van der Waals surface area contributed by atoms with Crippen LogP contribution in [0.5, 0.6) is 0 Å². The normalized spacial score (nSPS) is 30.7. The first-order valence-corrected chi connectivity index (χ1v) is 8.13. The Labute approximate surface area is 137 Å². The molecule has 8 heteroatoms. The first kappa shape index (κ1) is 17.0. The van der Waals surface area contributed by atoms with Crippen LogP contribution in [0.15, 0.2) is 12.2 Å². The molecule has 0 spiro atoms. The lowest BCUT2D eigenvalue weighted by Crippen LogP contribution is -2.49. The van der Waals surface area contributed by atoms with Crippen molar-refractivity contribution in [3.05, 3.63) is 12.2 Å². The van der Waals surface area contributed by atoms with Crippen LogP contribution in [0, 0.1) is 17.8 Å². The Morgan fingerprint density at radius 3 is 2.25 bits per heavy atom. The van der Waals surface area contributed by atoms with E-state index in [2.05, 4.69) is 0 Å². The van der Waals surface area contributed by atoms with E-state index in [1.807, 2.05) is 12.2 Å². The van der Waals surface area contributed by atoms with E-state index < -0.39 is 42.9 Å². The number of halogens is 3. The summed E-state index contributed by atoms with van der Waals surface area (Å²) in [5.41, 5.74) is 0. The number of carbonyl (C=O) groups excluding carboxylic acids is 3. The molecule has 5 nitrogen and oxygen atoms in total. The van der Waals surface area contributed by atoms with Gasteiger partial charge in [-0.2, -0.15) is 13.2 Å². The lowest BCUT2D eigenvalue weighted by molar-refractivity contribution is -0.188. The lowest BCUT2D eigenvalue weighted by atomic mass is 9.85. The van der Waals surface area contributed by atoms with Crippen molar-refractivity contribution in [3.8, 4) is 0 Å². The molecule has 0 saturated carbocycles. The average molecular weight is 344 g/mol. The molecular formula is C16H19F3N2O3. The Bertz CT molecular complexity index is 562. The summed E-state index contributed by atoms with van der Waals surface area (Å²) in [5, 5.41) is 0. The number of amides is 3. The highest BCUT2D eigenvalue weighted by atomic mass is 19.4. The first-order chi connectivity index (χ1) is 11.3. The van der Waals surface area contributed by atoms with E-state index >= 15 is 0 Å². The zero-order chi connectivity index (χ0) is 17.5. The molecule has 3 aliphatic rings. The summed E-state index contributed by atoms with van der Waals surface area (Å²) >= 11 is 0. The molecule has 1 aliphatic carbocycles. The van der Waals surface area contributed by atoms with Crippen molar-refractivity contribution < 1.29 is 27.6 Å². The minimum atomic E-state index is -4.33. The molecular weight excluding hydrogens is 325 g/mol. The number of nitrogens with zero attached hydrogens (tertiary/aromatic N) is 2. The number of rotatable bonds is 2. The first-order valence-electron chi connectivity index (χ1n) is 8.13. The predicted octanol–water partition coefficient (Wildman–Crippen LogP) is 1.74. The largest absolute Gasteiger partial charge is 0.393 e. The molecule has 0 aromatic rings. The molecule has 132 valence electrons. The highest BCUT2D eigenvalue weighted by Crippen LogP contribution is 2.36. The second-order valence-corrected chi connectivity index (χ2v) is 6.64. The van der Waals surface area contributed by atoms with E-state index in [-0.39, 0.29) is 31.2 Å². The SMILES string of the molecule is O=C(CN1C(=O)[C@H]2CC=CC[C@H]2C1=O)N1CCC[C@@H](C(F)(F)F)C1. The number of piperidine rings is 1. The zero-order valence-corrected chi connectivity index (χ0v) is 13.1. The topological polar surface area (TPSA) is 57.7 Å². The van der Waals surface area contributed by atoms with Gasteiger partial charge in [-0.25, -0.2) is 0 Å². The van der Waals surface area contributed by atoms with Crippen molar-refractivity contribution in [1.29, 1.82) is 0 Å². The predicted molar refractivity (Wildman–Crippen MR) is 77.4 cm³/mol. The molecule has 0 aromatic heterocycles. The molecule has 2 saturated heterocycles. The number of hydrogen-bond acceptors (Lipinski definition) is 3. The van der Waals surface area contributed by atoms with Gasteiger partial charge in [0, 0.05) is 13.1 Å².